The molecule has 48 valence electrons. The third kappa shape index (κ3) is 673. The van der Waals surface area contributed by atoms with Gasteiger partial charge in [0.1, 0.15) is 0 Å². The standard InChI is InChI=1S/CH2O3.Na.3H2O.Zn/c2-1(3)4;;;;;/h(H2,2,3,4);;3*1H2;/q;+1;;;;+2/p-2. The zero-order valence-corrected chi connectivity index (χ0v) is 9.90. The Kier molecular flexibility index (Phi) is 219. The summed E-state index contributed by atoms with van der Waals surface area (Å²) in [5, 5.41) is 16.7. The zero-order chi connectivity index (χ0) is 3.58. The van der Waals surface area contributed by atoms with Gasteiger partial charge in [0, 0.05) is 0 Å². The molecule has 0 spiro atoms. The summed E-state index contributed by atoms with van der Waals surface area (Å²) in [4.78, 5) is 8.33. The second-order valence-electron chi connectivity index (χ2n) is 0.250. The van der Waals surface area contributed by atoms with E-state index in [2.05, 4.69) is 0 Å². The molecule has 0 aromatic carbocycles. The molecule has 0 bridgehead atoms. The first kappa shape index (κ1) is 52.8. The van der Waals surface area contributed by atoms with Crippen LogP contribution in [0.3, 0.4) is 0 Å². The van der Waals surface area contributed by atoms with Crippen molar-refractivity contribution in [2.24, 2.45) is 0 Å². The molecule has 0 fully saturated rings. The van der Waals surface area contributed by atoms with Gasteiger partial charge in [-0.1, -0.05) is 0 Å². The fourth-order valence-electron chi connectivity index (χ4n) is 0. The molecule has 0 aliphatic carbocycles. The summed E-state index contributed by atoms with van der Waals surface area (Å²) in [6, 6.07) is 0. The van der Waals surface area contributed by atoms with Crippen LogP contribution in [-0.4, -0.2) is 22.6 Å². The fraction of sp³-hybridized carbons (Fsp3) is 0. The molecule has 6 nitrogen and oxygen atoms in total. The van der Waals surface area contributed by atoms with E-state index in [-0.39, 0.29) is 65.5 Å². The summed E-state index contributed by atoms with van der Waals surface area (Å²) in [5.74, 6) is 0. The second-order valence-corrected chi connectivity index (χ2v) is 0.250. The minimum atomic E-state index is -2.33. The minimum Gasteiger partial charge on any atom is -0.652 e. The van der Waals surface area contributed by atoms with Gasteiger partial charge in [0.05, 0.1) is 0 Å². The van der Waals surface area contributed by atoms with E-state index in [1.807, 2.05) is 0 Å². The quantitative estimate of drug-likeness (QED) is 0.358. The van der Waals surface area contributed by atoms with Crippen molar-refractivity contribution in [2.75, 3.05) is 0 Å². The Morgan fingerprint density at radius 2 is 1.00 bits per heavy atom. The molecule has 0 saturated heterocycles. The number of hydrogen-bond acceptors (Lipinski definition) is 3. The molecule has 0 rings (SSSR count). The van der Waals surface area contributed by atoms with Gasteiger partial charge in [-0.3, -0.25) is 0 Å². The fourth-order valence-corrected chi connectivity index (χ4v) is 0. The van der Waals surface area contributed by atoms with Crippen molar-refractivity contribution in [3.63, 3.8) is 0 Å². The molecular formula is CH6NaO6Zn+. The molecule has 0 radical (unpaired) electrons. The van der Waals surface area contributed by atoms with Crippen LogP contribution in [-0.2, 0) is 19.5 Å². The van der Waals surface area contributed by atoms with Gasteiger partial charge in [0.15, 0.2) is 0 Å². The van der Waals surface area contributed by atoms with Gasteiger partial charge in [-0.2, -0.15) is 0 Å². The normalized spacial score (nSPS) is 2.67. The molecule has 0 saturated carbocycles. The Hall–Kier alpha value is 0.773. The molecule has 0 amide bonds. The van der Waals surface area contributed by atoms with Gasteiger partial charge in [-0.15, -0.1) is 0 Å². The van der Waals surface area contributed by atoms with Crippen LogP contribution in [0.15, 0.2) is 0 Å². The van der Waals surface area contributed by atoms with E-state index in [4.69, 9.17) is 15.0 Å². The molecule has 6 N–H and O–H groups in total. The summed E-state index contributed by atoms with van der Waals surface area (Å²) in [5.41, 5.74) is 0. The van der Waals surface area contributed by atoms with E-state index in [0.717, 1.165) is 0 Å². The zero-order valence-electron chi connectivity index (χ0n) is 4.93. The molecule has 0 atom stereocenters. The molecule has 0 aliphatic heterocycles. The molecule has 9 heavy (non-hydrogen) atoms. The summed E-state index contributed by atoms with van der Waals surface area (Å²) in [6.07, 6.45) is -2.33. The third-order valence-electron chi connectivity index (χ3n) is 0. The van der Waals surface area contributed by atoms with E-state index in [9.17, 15) is 0 Å². The molecule has 8 heteroatoms. The molecule has 0 heterocycles. The van der Waals surface area contributed by atoms with Crippen molar-refractivity contribution in [1.82, 2.24) is 0 Å². The smallest absolute Gasteiger partial charge is 0.652 e. The van der Waals surface area contributed by atoms with Crippen LogP contribution in [0.1, 0.15) is 0 Å². The Morgan fingerprint density at radius 3 is 1.00 bits per heavy atom. The van der Waals surface area contributed by atoms with Crippen LogP contribution in [0.4, 0.5) is 4.79 Å². The third-order valence-corrected chi connectivity index (χ3v) is 0. The monoisotopic (exact) mass is 201 g/mol. The van der Waals surface area contributed by atoms with E-state index < -0.39 is 6.16 Å². The maximum atomic E-state index is 8.33. The molecule has 0 aromatic heterocycles. The first-order valence-corrected chi connectivity index (χ1v) is 0.612. The van der Waals surface area contributed by atoms with Crippen LogP contribution >= 0.6 is 0 Å². The van der Waals surface area contributed by atoms with Crippen LogP contribution in [0.25, 0.3) is 0 Å². The predicted octanol–water partition coefficient (Wildman–Crippen LogP) is -7.92. The van der Waals surface area contributed by atoms with Crippen LogP contribution in [0.2, 0.25) is 0 Å². The number of carbonyl (C=O) groups excluding carboxylic acids is 1. The van der Waals surface area contributed by atoms with E-state index >= 15 is 0 Å². The maximum Gasteiger partial charge on any atom is 2.00 e. The maximum absolute atomic E-state index is 8.33. The average Bonchev–Trinajstić information content (AvgIpc) is 0.811. The van der Waals surface area contributed by atoms with Gasteiger partial charge in [0.2, 0.25) is 0 Å². The summed E-state index contributed by atoms with van der Waals surface area (Å²) >= 11 is 0. The predicted molar refractivity (Wildman–Crippen MR) is 16.2 cm³/mol. The van der Waals surface area contributed by atoms with E-state index in [1.165, 1.54) is 0 Å². The minimum absolute atomic E-state index is 0. The largest absolute Gasteiger partial charge is 2.00 e. The molecule has 0 aliphatic rings. The Bertz CT molecular complexity index is 36.0. The van der Waals surface area contributed by atoms with Crippen molar-refractivity contribution in [3.05, 3.63) is 0 Å². The summed E-state index contributed by atoms with van der Waals surface area (Å²) < 4.78 is 0. The van der Waals surface area contributed by atoms with Crippen molar-refractivity contribution in [2.45, 2.75) is 0 Å². The first-order chi connectivity index (χ1) is 1.73. The van der Waals surface area contributed by atoms with Crippen molar-refractivity contribution in [1.29, 1.82) is 0 Å². The number of rotatable bonds is 0. The molecule has 0 unspecified atom stereocenters. The summed E-state index contributed by atoms with van der Waals surface area (Å²) in [6.45, 7) is 0. The van der Waals surface area contributed by atoms with Gasteiger partial charge in [-0.05, 0) is 6.16 Å². The van der Waals surface area contributed by atoms with Crippen molar-refractivity contribution >= 4 is 6.16 Å². The van der Waals surface area contributed by atoms with Crippen molar-refractivity contribution in [3.8, 4) is 0 Å². The Morgan fingerprint density at radius 1 is 1.00 bits per heavy atom. The van der Waals surface area contributed by atoms with Crippen LogP contribution in [0, 0.1) is 0 Å². The van der Waals surface area contributed by atoms with Crippen LogP contribution in [0.5, 0.6) is 0 Å². The first-order valence-electron chi connectivity index (χ1n) is 0.612. The molecular weight excluding hydrogens is 196 g/mol. The average molecular weight is 202 g/mol. The second kappa shape index (κ2) is 37.2. The SMILES string of the molecule is O.O.O.O=C([O-])[O-].[Na+].[Zn+2]. The van der Waals surface area contributed by atoms with E-state index in [0.29, 0.717) is 0 Å². The van der Waals surface area contributed by atoms with Gasteiger partial charge in [-0.25, -0.2) is 0 Å². The topological polar surface area (TPSA) is 158 Å². The van der Waals surface area contributed by atoms with E-state index in [1.54, 1.807) is 0 Å². The number of hydrogen-bond donors (Lipinski definition) is 0. The number of carbonyl (C=O) groups is 1. The number of carboxylic acid groups (broad SMARTS) is 2. The summed E-state index contributed by atoms with van der Waals surface area (Å²) in [7, 11) is 0. The van der Waals surface area contributed by atoms with Gasteiger partial charge in [0.25, 0.3) is 0 Å². The van der Waals surface area contributed by atoms with Gasteiger partial charge >= 0.3 is 49.0 Å². The Balaban J connectivity index is -0.00000000450. The Labute approximate surface area is 86.2 Å². The van der Waals surface area contributed by atoms with Crippen LogP contribution < -0.4 is 39.8 Å². The molecule has 0 aromatic rings. The van der Waals surface area contributed by atoms with Gasteiger partial charge < -0.3 is 31.4 Å². The van der Waals surface area contributed by atoms with Crippen molar-refractivity contribution < 1.29 is 80.5 Å².